The minimum Gasteiger partial charge on any atom is -0.508 e. The molecule has 0 amide bonds. The first-order chi connectivity index (χ1) is 8.31. The monoisotopic (exact) mass is 252 g/mol. The Morgan fingerprint density at radius 2 is 2.06 bits per heavy atom. The van der Waals surface area contributed by atoms with Crippen LogP contribution in [0.5, 0.6) is 5.75 Å². The van der Waals surface area contributed by atoms with Crippen LogP contribution in [-0.4, -0.2) is 29.9 Å². The van der Waals surface area contributed by atoms with Crippen molar-refractivity contribution in [1.29, 1.82) is 0 Å². The Kier molecular flexibility index (Phi) is 4.73. The largest absolute Gasteiger partial charge is 0.508 e. The van der Waals surface area contributed by atoms with Crippen molar-refractivity contribution >= 4 is 5.97 Å². The van der Waals surface area contributed by atoms with Crippen molar-refractivity contribution in [2.24, 2.45) is 0 Å². The highest BCUT2D eigenvalue weighted by atomic mass is 16.6. The summed E-state index contributed by atoms with van der Waals surface area (Å²) >= 11 is 0. The van der Waals surface area contributed by atoms with Crippen LogP contribution in [-0.2, 0) is 20.7 Å². The number of hydrogen-bond donors (Lipinski definition) is 1. The zero-order valence-corrected chi connectivity index (χ0v) is 11.3. The van der Waals surface area contributed by atoms with Gasteiger partial charge in [0.1, 0.15) is 11.4 Å². The van der Waals surface area contributed by atoms with Crippen LogP contribution < -0.4 is 0 Å². The molecule has 0 saturated heterocycles. The molecule has 0 heterocycles. The van der Waals surface area contributed by atoms with Crippen molar-refractivity contribution in [2.45, 2.75) is 38.9 Å². The predicted octanol–water partition coefficient (Wildman–Crippen LogP) is 2.29. The molecule has 0 aliphatic heterocycles. The van der Waals surface area contributed by atoms with E-state index in [1.807, 2.05) is 26.8 Å². The van der Waals surface area contributed by atoms with Crippen LogP contribution in [0.3, 0.4) is 0 Å². The summed E-state index contributed by atoms with van der Waals surface area (Å²) in [5.74, 6) is -0.222. The van der Waals surface area contributed by atoms with E-state index in [1.54, 1.807) is 18.2 Å². The second-order valence-electron chi connectivity index (χ2n) is 5.13. The van der Waals surface area contributed by atoms with E-state index in [1.165, 1.54) is 7.11 Å². The molecular formula is C14H20O4. The van der Waals surface area contributed by atoms with Crippen molar-refractivity contribution in [2.75, 3.05) is 7.11 Å². The van der Waals surface area contributed by atoms with Crippen LogP contribution >= 0.6 is 0 Å². The molecule has 1 aromatic carbocycles. The number of carbonyl (C=O) groups excluding carboxylic acids is 1. The van der Waals surface area contributed by atoms with Crippen LogP contribution in [0.15, 0.2) is 24.3 Å². The van der Waals surface area contributed by atoms with Crippen LogP contribution in [0.1, 0.15) is 26.3 Å². The van der Waals surface area contributed by atoms with Gasteiger partial charge < -0.3 is 14.6 Å². The number of rotatable bonds is 4. The fourth-order valence-corrected chi connectivity index (χ4v) is 1.53. The lowest BCUT2D eigenvalue weighted by molar-refractivity contribution is -0.166. The maximum Gasteiger partial charge on any atom is 0.336 e. The maximum absolute atomic E-state index is 11.9. The van der Waals surface area contributed by atoms with Crippen LogP contribution in [0.2, 0.25) is 0 Å². The number of hydrogen-bond acceptors (Lipinski definition) is 4. The Bertz CT molecular complexity index is 407. The standard InChI is InChI=1S/C14H20O4/c1-14(2,3)18-13(16)12(17-4)9-10-6-5-7-11(15)8-10/h5-8,12,15H,9H2,1-4H3. The fraction of sp³-hybridized carbons (Fsp3) is 0.500. The molecule has 100 valence electrons. The van der Waals surface area contributed by atoms with Crippen LogP contribution in [0.25, 0.3) is 0 Å². The minimum absolute atomic E-state index is 0.173. The van der Waals surface area contributed by atoms with Gasteiger partial charge in [0, 0.05) is 13.5 Å². The van der Waals surface area contributed by atoms with Gasteiger partial charge in [0.2, 0.25) is 0 Å². The zero-order valence-electron chi connectivity index (χ0n) is 11.3. The van der Waals surface area contributed by atoms with E-state index in [0.29, 0.717) is 6.42 Å². The second kappa shape index (κ2) is 5.87. The maximum atomic E-state index is 11.9. The van der Waals surface area contributed by atoms with Gasteiger partial charge in [-0.15, -0.1) is 0 Å². The van der Waals surface area contributed by atoms with Gasteiger partial charge in [-0.3, -0.25) is 0 Å². The molecule has 1 atom stereocenters. The van der Waals surface area contributed by atoms with Gasteiger partial charge >= 0.3 is 5.97 Å². The van der Waals surface area contributed by atoms with Gasteiger partial charge in [-0.05, 0) is 38.5 Å². The summed E-state index contributed by atoms with van der Waals surface area (Å²) in [7, 11) is 1.47. The van der Waals surface area contributed by atoms with Gasteiger partial charge in [-0.2, -0.15) is 0 Å². The van der Waals surface area contributed by atoms with E-state index in [9.17, 15) is 9.90 Å². The topological polar surface area (TPSA) is 55.8 Å². The Balaban J connectivity index is 2.70. The number of esters is 1. The molecule has 0 bridgehead atoms. The SMILES string of the molecule is COC(Cc1cccc(O)c1)C(=O)OC(C)(C)C. The average Bonchev–Trinajstić information content (AvgIpc) is 2.23. The third-order valence-electron chi connectivity index (χ3n) is 2.29. The summed E-state index contributed by atoms with van der Waals surface area (Å²) in [6.45, 7) is 5.43. The van der Waals surface area contributed by atoms with Gasteiger partial charge in [0.15, 0.2) is 6.10 Å². The van der Waals surface area contributed by atoms with E-state index in [0.717, 1.165) is 5.56 Å². The number of carbonyl (C=O) groups is 1. The van der Waals surface area contributed by atoms with Crippen molar-refractivity contribution in [3.63, 3.8) is 0 Å². The summed E-state index contributed by atoms with van der Waals surface area (Å²) < 4.78 is 10.4. The quantitative estimate of drug-likeness (QED) is 0.835. The zero-order chi connectivity index (χ0) is 13.8. The first-order valence-corrected chi connectivity index (χ1v) is 5.85. The van der Waals surface area contributed by atoms with Crippen molar-refractivity contribution in [1.82, 2.24) is 0 Å². The molecule has 0 saturated carbocycles. The summed E-state index contributed by atoms with van der Waals surface area (Å²) in [4.78, 5) is 11.9. The molecule has 0 aliphatic carbocycles. The number of phenols is 1. The summed E-state index contributed by atoms with van der Waals surface area (Å²) in [5.41, 5.74) is 0.292. The van der Waals surface area contributed by atoms with Crippen molar-refractivity contribution in [3.05, 3.63) is 29.8 Å². The third kappa shape index (κ3) is 4.75. The van der Waals surface area contributed by atoms with E-state index in [4.69, 9.17) is 9.47 Å². The summed E-state index contributed by atoms with van der Waals surface area (Å²) in [6, 6.07) is 6.75. The van der Waals surface area contributed by atoms with E-state index in [-0.39, 0.29) is 5.75 Å². The molecule has 1 aromatic rings. The smallest absolute Gasteiger partial charge is 0.336 e. The molecule has 1 unspecified atom stereocenters. The normalized spacial score (nSPS) is 13.1. The lowest BCUT2D eigenvalue weighted by Crippen LogP contribution is -2.34. The summed E-state index contributed by atoms with van der Waals surface area (Å²) in [5, 5.41) is 9.37. The Morgan fingerprint density at radius 1 is 1.39 bits per heavy atom. The minimum atomic E-state index is -0.661. The molecule has 0 spiro atoms. The Morgan fingerprint density at radius 3 is 2.56 bits per heavy atom. The molecular weight excluding hydrogens is 232 g/mol. The first kappa shape index (κ1) is 14.5. The highest BCUT2D eigenvalue weighted by Gasteiger charge is 2.25. The lowest BCUT2D eigenvalue weighted by atomic mass is 10.1. The molecule has 1 rings (SSSR count). The second-order valence-corrected chi connectivity index (χ2v) is 5.13. The third-order valence-corrected chi connectivity index (χ3v) is 2.29. The average molecular weight is 252 g/mol. The van der Waals surface area contributed by atoms with E-state index >= 15 is 0 Å². The highest BCUT2D eigenvalue weighted by molar-refractivity contribution is 5.75. The summed E-state index contributed by atoms with van der Waals surface area (Å²) in [6.07, 6.45) is -0.286. The van der Waals surface area contributed by atoms with Gasteiger partial charge in [0.05, 0.1) is 0 Å². The Hall–Kier alpha value is -1.55. The molecule has 0 fully saturated rings. The van der Waals surface area contributed by atoms with E-state index in [2.05, 4.69) is 0 Å². The van der Waals surface area contributed by atoms with Crippen LogP contribution in [0, 0.1) is 0 Å². The van der Waals surface area contributed by atoms with Crippen LogP contribution in [0.4, 0.5) is 0 Å². The number of methoxy groups -OCH3 is 1. The van der Waals surface area contributed by atoms with Gasteiger partial charge in [-0.25, -0.2) is 4.79 Å². The molecule has 0 aromatic heterocycles. The molecule has 1 N–H and O–H groups in total. The highest BCUT2D eigenvalue weighted by Crippen LogP contribution is 2.16. The van der Waals surface area contributed by atoms with Gasteiger partial charge in [0.25, 0.3) is 0 Å². The number of phenolic OH excluding ortho intramolecular Hbond substituents is 1. The van der Waals surface area contributed by atoms with Crippen molar-refractivity contribution in [3.8, 4) is 5.75 Å². The fourth-order valence-electron chi connectivity index (χ4n) is 1.53. The molecule has 0 radical (unpaired) electrons. The molecule has 4 heteroatoms. The van der Waals surface area contributed by atoms with E-state index < -0.39 is 17.7 Å². The van der Waals surface area contributed by atoms with Gasteiger partial charge in [-0.1, -0.05) is 12.1 Å². The number of benzene rings is 1. The molecule has 4 nitrogen and oxygen atoms in total. The number of ether oxygens (including phenoxy) is 2. The first-order valence-electron chi connectivity index (χ1n) is 5.85. The predicted molar refractivity (Wildman–Crippen MR) is 68.5 cm³/mol. The Labute approximate surface area is 108 Å². The lowest BCUT2D eigenvalue weighted by Gasteiger charge is -2.23. The van der Waals surface area contributed by atoms with Crippen molar-refractivity contribution < 1.29 is 19.4 Å². The number of aromatic hydroxyl groups is 1. The molecule has 18 heavy (non-hydrogen) atoms. The molecule has 0 aliphatic rings.